The molecule has 8 nitrogen and oxygen atoms in total. The first kappa shape index (κ1) is 22.5. The summed E-state index contributed by atoms with van der Waals surface area (Å²) < 4.78 is 24.0. The summed E-state index contributed by atoms with van der Waals surface area (Å²) >= 11 is 0. The molecule has 0 aliphatic heterocycles. The van der Waals surface area contributed by atoms with E-state index in [0.717, 1.165) is 0 Å². The summed E-state index contributed by atoms with van der Waals surface area (Å²) in [4.78, 5) is 36.0. The predicted molar refractivity (Wildman–Crippen MR) is 115 cm³/mol. The average molecular weight is 439 g/mol. The molecule has 3 rings (SSSR count). The van der Waals surface area contributed by atoms with Crippen LogP contribution in [0.2, 0.25) is 0 Å². The Balaban J connectivity index is 1.38. The minimum atomic E-state index is -0.451. The molecule has 0 bridgehead atoms. The largest absolute Gasteiger partial charge is 0.484 e. The molecule has 0 fully saturated rings. The number of carbonyl (C=O) groups is 3. The third kappa shape index (κ3) is 6.43. The lowest BCUT2D eigenvalue weighted by molar-refractivity contribution is -0.123. The normalized spacial score (nSPS) is 10.3. The molecule has 3 aromatic rings. The summed E-state index contributed by atoms with van der Waals surface area (Å²) in [5, 5.41) is 7.88. The number of hydrogen-bond donors (Lipinski definition) is 3. The van der Waals surface area contributed by atoms with Gasteiger partial charge in [-0.15, -0.1) is 0 Å². The highest BCUT2D eigenvalue weighted by Gasteiger charge is 2.10. The van der Waals surface area contributed by atoms with Gasteiger partial charge < -0.3 is 25.1 Å². The van der Waals surface area contributed by atoms with Gasteiger partial charge in [0, 0.05) is 30.4 Å². The van der Waals surface area contributed by atoms with E-state index in [0.29, 0.717) is 17.0 Å². The van der Waals surface area contributed by atoms with Crippen molar-refractivity contribution in [2.24, 2.45) is 0 Å². The highest BCUT2D eigenvalue weighted by molar-refractivity contribution is 6.02. The van der Waals surface area contributed by atoms with Gasteiger partial charge in [-0.2, -0.15) is 0 Å². The van der Waals surface area contributed by atoms with E-state index in [1.807, 2.05) is 0 Å². The molecule has 0 radical (unpaired) electrons. The predicted octanol–water partition coefficient (Wildman–Crippen LogP) is 2.90. The summed E-state index contributed by atoms with van der Waals surface area (Å²) in [6, 6.07) is 14.0. The number of benzene rings is 2. The standard InChI is InChI=1S/C23H22FN3O5/c1-15-7-8-16(12-19(15)24)22(29)26-10-9-25-21(28)14-32-18-5-2-4-17(13-18)27-23(30)20-6-3-11-31-20/h2-8,11-13H,9-10,14H2,1H3,(H,25,28)(H,26,29)(H,27,30). The molecule has 166 valence electrons. The van der Waals surface area contributed by atoms with Gasteiger partial charge in [0.15, 0.2) is 12.4 Å². The van der Waals surface area contributed by atoms with Gasteiger partial charge in [0.25, 0.3) is 17.7 Å². The van der Waals surface area contributed by atoms with Crippen LogP contribution < -0.4 is 20.7 Å². The second-order valence-corrected chi connectivity index (χ2v) is 6.82. The maximum absolute atomic E-state index is 13.5. The number of anilines is 1. The molecule has 0 saturated heterocycles. The van der Waals surface area contributed by atoms with Gasteiger partial charge in [-0.3, -0.25) is 14.4 Å². The molecule has 0 unspecified atom stereocenters. The summed E-state index contributed by atoms with van der Waals surface area (Å²) in [5.41, 5.74) is 1.15. The molecule has 0 saturated carbocycles. The first-order valence-electron chi connectivity index (χ1n) is 9.81. The van der Waals surface area contributed by atoms with Gasteiger partial charge in [0.05, 0.1) is 6.26 Å². The zero-order valence-electron chi connectivity index (χ0n) is 17.3. The zero-order valence-corrected chi connectivity index (χ0v) is 17.3. The van der Waals surface area contributed by atoms with Crippen molar-refractivity contribution < 1.29 is 27.9 Å². The Morgan fingerprint density at radius 1 is 0.969 bits per heavy atom. The van der Waals surface area contributed by atoms with Crippen LogP contribution in [0.3, 0.4) is 0 Å². The van der Waals surface area contributed by atoms with E-state index >= 15 is 0 Å². The van der Waals surface area contributed by atoms with Crippen LogP contribution in [0.5, 0.6) is 5.75 Å². The molecule has 0 spiro atoms. The first-order valence-corrected chi connectivity index (χ1v) is 9.81. The maximum atomic E-state index is 13.5. The van der Waals surface area contributed by atoms with Gasteiger partial charge in [-0.25, -0.2) is 4.39 Å². The zero-order chi connectivity index (χ0) is 22.9. The van der Waals surface area contributed by atoms with Crippen LogP contribution in [0.1, 0.15) is 26.5 Å². The van der Waals surface area contributed by atoms with Crippen molar-refractivity contribution in [2.45, 2.75) is 6.92 Å². The molecule has 1 aromatic heterocycles. The molecule has 0 aliphatic carbocycles. The quantitative estimate of drug-likeness (QED) is 0.444. The average Bonchev–Trinajstić information content (AvgIpc) is 3.32. The number of aryl methyl sites for hydroxylation is 1. The second-order valence-electron chi connectivity index (χ2n) is 6.82. The Labute approximate surface area is 183 Å². The summed E-state index contributed by atoms with van der Waals surface area (Å²) in [5.74, 6) is -1.09. The number of nitrogens with one attached hydrogen (secondary N) is 3. The van der Waals surface area contributed by atoms with Crippen molar-refractivity contribution in [3.05, 3.63) is 83.6 Å². The number of rotatable bonds is 9. The Morgan fingerprint density at radius 2 is 1.78 bits per heavy atom. The molecule has 2 aromatic carbocycles. The first-order chi connectivity index (χ1) is 15.4. The Hall–Kier alpha value is -4.14. The topological polar surface area (TPSA) is 110 Å². The lowest BCUT2D eigenvalue weighted by Gasteiger charge is -2.10. The van der Waals surface area contributed by atoms with Crippen LogP contribution in [0.15, 0.2) is 65.3 Å². The van der Waals surface area contributed by atoms with E-state index in [9.17, 15) is 18.8 Å². The van der Waals surface area contributed by atoms with E-state index in [2.05, 4.69) is 16.0 Å². The third-order valence-corrected chi connectivity index (χ3v) is 4.37. The SMILES string of the molecule is Cc1ccc(C(=O)NCCNC(=O)COc2cccc(NC(=O)c3ccco3)c2)cc1F. The molecular formula is C23H22FN3O5. The van der Waals surface area contributed by atoms with Gasteiger partial charge in [-0.1, -0.05) is 12.1 Å². The molecule has 32 heavy (non-hydrogen) atoms. The minimum Gasteiger partial charge on any atom is -0.484 e. The van der Waals surface area contributed by atoms with Gasteiger partial charge in [-0.05, 0) is 48.9 Å². The van der Waals surface area contributed by atoms with Crippen LogP contribution in [0, 0.1) is 12.7 Å². The highest BCUT2D eigenvalue weighted by Crippen LogP contribution is 2.18. The summed E-state index contributed by atoms with van der Waals surface area (Å²) in [6.07, 6.45) is 1.40. The van der Waals surface area contributed by atoms with Crippen molar-refractivity contribution in [3.63, 3.8) is 0 Å². The minimum absolute atomic E-state index is 0.175. The fraction of sp³-hybridized carbons (Fsp3) is 0.174. The Morgan fingerprint density at radius 3 is 2.53 bits per heavy atom. The van der Waals surface area contributed by atoms with Crippen molar-refractivity contribution in [1.82, 2.24) is 10.6 Å². The van der Waals surface area contributed by atoms with Gasteiger partial charge >= 0.3 is 0 Å². The lowest BCUT2D eigenvalue weighted by Crippen LogP contribution is -2.36. The number of carbonyl (C=O) groups excluding carboxylic acids is 3. The van der Waals surface area contributed by atoms with Crippen LogP contribution in [-0.4, -0.2) is 37.4 Å². The summed E-state index contributed by atoms with van der Waals surface area (Å²) in [7, 11) is 0. The van der Waals surface area contributed by atoms with Crippen molar-refractivity contribution >= 4 is 23.4 Å². The molecule has 9 heteroatoms. The fourth-order valence-electron chi connectivity index (χ4n) is 2.68. The lowest BCUT2D eigenvalue weighted by atomic mass is 10.1. The van der Waals surface area contributed by atoms with E-state index in [-0.39, 0.29) is 36.9 Å². The number of furan rings is 1. The monoisotopic (exact) mass is 439 g/mol. The van der Waals surface area contributed by atoms with E-state index in [1.165, 1.54) is 24.5 Å². The van der Waals surface area contributed by atoms with Crippen LogP contribution >= 0.6 is 0 Å². The van der Waals surface area contributed by atoms with E-state index < -0.39 is 17.6 Å². The second kappa shape index (κ2) is 10.8. The number of halogens is 1. The fourth-order valence-corrected chi connectivity index (χ4v) is 2.68. The van der Waals surface area contributed by atoms with Gasteiger partial charge in [0.1, 0.15) is 11.6 Å². The molecular weight excluding hydrogens is 417 g/mol. The van der Waals surface area contributed by atoms with Crippen LogP contribution in [-0.2, 0) is 4.79 Å². The van der Waals surface area contributed by atoms with Crippen molar-refractivity contribution in [1.29, 1.82) is 0 Å². The third-order valence-electron chi connectivity index (χ3n) is 4.37. The molecule has 3 amide bonds. The Bertz CT molecular complexity index is 1100. The van der Waals surface area contributed by atoms with Crippen LogP contribution in [0.25, 0.3) is 0 Å². The van der Waals surface area contributed by atoms with Gasteiger partial charge in [0.2, 0.25) is 0 Å². The maximum Gasteiger partial charge on any atom is 0.291 e. The number of hydrogen-bond acceptors (Lipinski definition) is 5. The molecule has 0 atom stereocenters. The van der Waals surface area contributed by atoms with Crippen molar-refractivity contribution in [3.8, 4) is 5.75 Å². The summed E-state index contributed by atoms with van der Waals surface area (Å²) in [6.45, 7) is 1.73. The van der Waals surface area contributed by atoms with E-state index in [1.54, 1.807) is 43.3 Å². The Kier molecular flexibility index (Phi) is 7.58. The molecule has 0 aliphatic rings. The highest BCUT2D eigenvalue weighted by atomic mass is 19.1. The smallest absolute Gasteiger partial charge is 0.291 e. The number of ether oxygens (including phenoxy) is 1. The number of amides is 3. The van der Waals surface area contributed by atoms with Crippen molar-refractivity contribution in [2.75, 3.05) is 25.0 Å². The molecule has 1 heterocycles. The van der Waals surface area contributed by atoms with Crippen LogP contribution in [0.4, 0.5) is 10.1 Å². The van der Waals surface area contributed by atoms with E-state index in [4.69, 9.17) is 9.15 Å². The molecule has 3 N–H and O–H groups in total.